The van der Waals surface area contributed by atoms with Crippen molar-refractivity contribution in [1.82, 2.24) is 4.57 Å². The van der Waals surface area contributed by atoms with Crippen LogP contribution in [-0.4, -0.2) is 15.6 Å². The standard InChI is InChI=1S/C15H18N2O2/c1-10-9-12(16)4-7-14(10)17-11(2)3-5-13(17)6-8-15(18)19/h3-5,7,9H,6,8,16H2,1-2H3,(H,18,19). The first-order valence-corrected chi connectivity index (χ1v) is 6.24. The lowest BCUT2D eigenvalue weighted by molar-refractivity contribution is -0.136. The Labute approximate surface area is 112 Å². The average molecular weight is 258 g/mol. The summed E-state index contributed by atoms with van der Waals surface area (Å²) in [7, 11) is 0. The number of nitrogen functional groups attached to an aromatic ring is 1. The van der Waals surface area contributed by atoms with Crippen LogP contribution in [0.2, 0.25) is 0 Å². The molecule has 0 aliphatic rings. The molecule has 0 aliphatic carbocycles. The molecule has 2 aromatic rings. The second-order valence-electron chi connectivity index (χ2n) is 4.74. The molecule has 1 aromatic heterocycles. The Morgan fingerprint density at radius 1 is 1.26 bits per heavy atom. The number of carboxylic acid groups (broad SMARTS) is 1. The van der Waals surface area contributed by atoms with E-state index in [-0.39, 0.29) is 6.42 Å². The quantitative estimate of drug-likeness (QED) is 0.828. The molecule has 0 aliphatic heterocycles. The van der Waals surface area contributed by atoms with Crippen LogP contribution in [0.25, 0.3) is 5.69 Å². The molecule has 4 heteroatoms. The molecule has 19 heavy (non-hydrogen) atoms. The Hall–Kier alpha value is -2.23. The van der Waals surface area contributed by atoms with Gasteiger partial charge in [-0.15, -0.1) is 0 Å². The predicted molar refractivity (Wildman–Crippen MR) is 75.6 cm³/mol. The Kier molecular flexibility index (Phi) is 3.60. The van der Waals surface area contributed by atoms with Crippen molar-refractivity contribution in [3.63, 3.8) is 0 Å². The molecule has 3 N–H and O–H groups in total. The second-order valence-corrected chi connectivity index (χ2v) is 4.74. The zero-order valence-electron chi connectivity index (χ0n) is 11.2. The monoisotopic (exact) mass is 258 g/mol. The Balaban J connectivity index is 2.43. The van der Waals surface area contributed by atoms with Crippen LogP contribution in [0.1, 0.15) is 23.4 Å². The summed E-state index contributed by atoms with van der Waals surface area (Å²) in [6, 6.07) is 9.75. The number of benzene rings is 1. The van der Waals surface area contributed by atoms with Crippen LogP contribution in [0.3, 0.4) is 0 Å². The molecule has 0 radical (unpaired) electrons. The highest BCUT2D eigenvalue weighted by Gasteiger charge is 2.10. The van der Waals surface area contributed by atoms with Crippen LogP contribution >= 0.6 is 0 Å². The van der Waals surface area contributed by atoms with E-state index < -0.39 is 5.97 Å². The molecule has 0 fully saturated rings. The predicted octanol–water partition coefficient (Wildman–Crippen LogP) is 2.69. The molecule has 1 aromatic carbocycles. The summed E-state index contributed by atoms with van der Waals surface area (Å²) in [6.45, 7) is 4.02. The van der Waals surface area contributed by atoms with Gasteiger partial charge in [0.05, 0.1) is 6.42 Å². The minimum absolute atomic E-state index is 0.136. The lowest BCUT2D eigenvalue weighted by atomic mass is 10.1. The summed E-state index contributed by atoms with van der Waals surface area (Å²) in [5, 5.41) is 8.81. The van der Waals surface area contributed by atoms with E-state index in [9.17, 15) is 4.79 Å². The number of anilines is 1. The maximum absolute atomic E-state index is 10.7. The molecule has 100 valence electrons. The van der Waals surface area contributed by atoms with E-state index in [0.29, 0.717) is 6.42 Å². The van der Waals surface area contributed by atoms with E-state index in [2.05, 4.69) is 4.57 Å². The van der Waals surface area contributed by atoms with Crippen molar-refractivity contribution in [3.8, 4) is 5.69 Å². The fourth-order valence-electron chi connectivity index (χ4n) is 2.30. The van der Waals surface area contributed by atoms with Gasteiger partial charge in [0, 0.05) is 22.8 Å². The average Bonchev–Trinajstić information content (AvgIpc) is 2.68. The maximum atomic E-state index is 10.7. The first kappa shape index (κ1) is 13.2. The van der Waals surface area contributed by atoms with Gasteiger partial charge in [0.15, 0.2) is 0 Å². The van der Waals surface area contributed by atoms with Gasteiger partial charge in [-0.2, -0.15) is 0 Å². The van der Waals surface area contributed by atoms with Crippen LogP contribution in [0, 0.1) is 13.8 Å². The number of aliphatic carboxylic acids is 1. The summed E-state index contributed by atoms with van der Waals surface area (Å²) in [5.74, 6) is -0.778. The van der Waals surface area contributed by atoms with Crippen LogP contribution in [0.5, 0.6) is 0 Å². The van der Waals surface area contributed by atoms with Crippen molar-refractivity contribution in [2.24, 2.45) is 0 Å². The van der Waals surface area contributed by atoms with Crippen molar-refractivity contribution >= 4 is 11.7 Å². The second kappa shape index (κ2) is 5.18. The highest BCUT2D eigenvalue weighted by atomic mass is 16.4. The van der Waals surface area contributed by atoms with Crippen molar-refractivity contribution in [1.29, 1.82) is 0 Å². The van der Waals surface area contributed by atoms with Gasteiger partial charge in [-0.3, -0.25) is 4.79 Å². The molecule has 0 amide bonds. The third-order valence-electron chi connectivity index (χ3n) is 3.21. The fourth-order valence-corrected chi connectivity index (χ4v) is 2.30. The van der Waals surface area contributed by atoms with Gasteiger partial charge in [-0.25, -0.2) is 0 Å². The van der Waals surface area contributed by atoms with Gasteiger partial charge >= 0.3 is 5.97 Å². The summed E-state index contributed by atoms with van der Waals surface area (Å²) in [6.07, 6.45) is 0.657. The molecular weight excluding hydrogens is 240 g/mol. The van der Waals surface area contributed by atoms with Crippen molar-refractivity contribution in [3.05, 3.63) is 47.3 Å². The number of aromatic nitrogens is 1. The summed E-state index contributed by atoms with van der Waals surface area (Å²) >= 11 is 0. The van der Waals surface area contributed by atoms with Gasteiger partial charge < -0.3 is 15.4 Å². The van der Waals surface area contributed by atoms with Crippen molar-refractivity contribution in [2.45, 2.75) is 26.7 Å². The van der Waals surface area contributed by atoms with Gasteiger partial charge in [0.1, 0.15) is 0 Å². The maximum Gasteiger partial charge on any atom is 0.303 e. The number of aryl methyl sites for hydroxylation is 3. The normalized spacial score (nSPS) is 10.6. The number of carbonyl (C=O) groups is 1. The van der Waals surface area contributed by atoms with Crippen molar-refractivity contribution < 1.29 is 9.90 Å². The SMILES string of the molecule is Cc1cc(N)ccc1-n1c(C)ccc1CCC(=O)O. The smallest absolute Gasteiger partial charge is 0.303 e. The Morgan fingerprint density at radius 2 is 2.00 bits per heavy atom. The molecule has 0 bridgehead atoms. The Morgan fingerprint density at radius 3 is 2.63 bits per heavy atom. The highest BCUT2D eigenvalue weighted by molar-refractivity contribution is 5.67. The minimum Gasteiger partial charge on any atom is -0.481 e. The Bertz CT molecular complexity index is 615. The molecule has 2 rings (SSSR count). The number of nitrogens with zero attached hydrogens (tertiary/aromatic N) is 1. The van der Waals surface area contributed by atoms with Crippen molar-refractivity contribution in [2.75, 3.05) is 5.73 Å². The first-order valence-electron chi connectivity index (χ1n) is 6.24. The van der Waals surface area contributed by atoms with Gasteiger partial charge in [0.2, 0.25) is 0 Å². The molecule has 1 heterocycles. The summed E-state index contributed by atoms with van der Waals surface area (Å²) < 4.78 is 2.09. The zero-order chi connectivity index (χ0) is 14.0. The number of hydrogen-bond donors (Lipinski definition) is 2. The third-order valence-corrected chi connectivity index (χ3v) is 3.21. The van der Waals surface area contributed by atoms with Gasteiger partial charge in [0.25, 0.3) is 0 Å². The van der Waals surface area contributed by atoms with Crippen LogP contribution in [0.4, 0.5) is 5.69 Å². The number of hydrogen-bond acceptors (Lipinski definition) is 2. The van der Waals surface area contributed by atoms with E-state index in [1.807, 2.05) is 44.2 Å². The molecule has 0 unspecified atom stereocenters. The molecule has 0 atom stereocenters. The molecule has 0 saturated heterocycles. The molecule has 0 saturated carbocycles. The molecular formula is C15H18N2O2. The largest absolute Gasteiger partial charge is 0.481 e. The van der Waals surface area contributed by atoms with E-state index >= 15 is 0 Å². The number of nitrogens with two attached hydrogens (primary N) is 1. The highest BCUT2D eigenvalue weighted by Crippen LogP contribution is 2.22. The van der Waals surface area contributed by atoms with E-state index in [1.165, 1.54) is 0 Å². The molecule has 0 spiro atoms. The van der Waals surface area contributed by atoms with E-state index in [4.69, 9.17) is 10.8 Å². The third kappa shape index (κ3) is 2.78. The van der Waals surface area contributed by atoms with Crippen LogP contribution in [-0.2, 0) is 11.2 Å². The number of carboxylic acids is 1. The first-order chi connectivity index (χ1) is 8.99. The van der Waals surface area contributed by atoms with Crippen LogP contribution in [0.15, 0.2) is 30.3 Å². The van der Waals surface area contributed by atoms with Gasteiger partial charge in [-0.1, -0.05) is 0 Å². The van der Waals surface area contributed by atoms with E-state index in [1.54, 1.807) is 0 Å². The fraction of sp³-hybridized carbons (Fsp3) is 0.267. The topological polar surface area (TPSA) is 68.2 Å². The lowest BCUT2D eigenvalue weighted by Crippen LogP contribution is -2.06. The number of rotatable bonds is 4. The summed E-state index contributed by atoms with van der Waals surface area (Å²) in [5.41, 5.74) is 10.7. The zero-order valence-corrected chi connectivity index (χ0v) is 11.2. The lowest BCUT2D eigenvalue weighted by Gasteiger charge is -2.14. The van der Waals surface area contributed by atoms with Gasteiger partial charge in [-0.05, 0) is 56.2 Å². The summed E-state index contributed by atoms with van der Waals surface area (Å²) in [4.78, 5) is 10.7. The minimum atomic E-state index is -0.778. The molecule has 4 nitrogen and oxygen atoms in total. The van der Waals surface area contributed by atoms with E-state index in [0.717, 1.165) is 28.3 Å². The van der Waals surface area contributed by atoms with Crippen LogP contribution < -0.4 is 5.73 Å².